The van der Waals surface area contributed by atoms with Crippen LogP contribution in [0.3, 0.4) is 0 Å². The van der Waals surface area contributed by atoms with Crippen molar-refractivity contribution < 1.29 is 27.4 Å². The molecule has 0 saturated heterocycles. The normalized spacial score (nSPS) is 10.5. The van der Waals surface area contributed by atoms with Crippen molar-refractivity contribution in [3.63, 3.8) is 0 Å². The van der Waals surface area contributed by atoms with Crippen molar-refractivity contribution in [2.45, 2.75) is 20.0 Å². The van der Waals surface area contributed by atoms with Crippen molar-refractivity contribution in [2.75, 3.05) is 12.3 Å². The lowest BCUT2D eigenvalue weighted by atomic mass is 10.1. The molecule has 0 spiro atoms. The molecule has 100 valence electrons. The van der Waals surface area contributed by atoms with Crippen molar-refractivity contribution in [1.82, 2.24) is 0 Å². The quantitative estimate of drug-likeness (QED) is 0.653. The molecular formula is C11H12F3NO3. The van der Waals surface area contributed by atoms with Crippen molar-refractivity contribution in [3.05, 3.63) is 23.5 Å². The van der Waals surface area contributed by atoms with E-state index >= 15 is 0 Å². The number of hydrogen-bond donors (Lipinski definition) is 1. The summed E-state index contributed by atoms with van der Waals surface area (Å²) in [6, 6.07) is 1.96. The highest BCUT2D eigenvalue weighted by Gasteiger charge is 2.18. The van der Waals surface area contributed by atoms with E-state index in [9.17, 15) is 18.0 Å². The molecule has 1 aromatic rings. The summed E-state index contributed by atoms with van der Waals surface area (Å²) in [5.41, 5.74) is 4.94. The van der Waals surface area contributed by atoms with E-state index in [1.54, 1.807) is 6.92 Å². The first-order chi connectivity index (χ1) is 8.43. The van der Waals surface area contributed by atoms with Crippen LogP contribution < -0.4 is 10.5 Å². The van der Waals surface area contributed by atoms with Crippen LogP contribution >= 0.6 is 0 Å². The zero-order valence-corrected chi connectivity index (χ0v) is 9.58. The van der Waals surface area contributed by atoms with Gasteiger partial charge < -0.3 is 15.2 Å². The zero-order chi connectivity index (χ0) is 13.7. The van der Waals surface area contributed by atoms with Crippen molar-refractivity contribution >= 4 is 11.7 Å². The third kappa shape index (κ3) is 3.83. The molecule has 0 aliphatic heterocycles. The third-order valence-electron chi connectivity index (χ3n) is 2.02. The van der Waals surface area contributed by atoms with E-state index in [1.807, 2.05) is 0 Å². The van der Waals surface area contributed by atoms with Crippen molar-refractivity contribution in [1.29, 1.82) is 0 Å². The molecule has 4 nitrogen and oxygen atoms in total. The smallest absolute Gasteiger partial charge is 0.387 e. The largest absolute Gasteiger partial charge is 0.466 e. The maximum Gasteiger partial charge on any atom is 0.387 e. The number of ether oxygens (including phenoxy) is 2. The second kappa shape index (κ2) is 6.13. The Kier molecular flexibility index (Phi) is 4.82. The number of hydrogen-bond acceptors (Lipinski definition) is 4. The number of benzene rings is 1. The molecule has 0 aromatic heterocycles. The summed E-state index contributed by atoms with van der Waals surface area (Å²) in [7, 11) is 0. The molecule has 0 heterocycles. The van der Waals surface area contributed by atoms with Gasteiger partial charge in [0.2, 0.25) is 0 Å². The predicted molar refractivity (Wildman–Crippen MR) is 57.8 cm³/mol. The van der Waals surface area contributed by atoms with Crippen LogP contribution in [0.4, 0.5) is 18.9 Å². The summed E-state index contributed by atoms with van der Waals surface area (Å²) < 4.78 is 46.6. The topological polar surface area (TPSA) is 61.5 Å². The molecule has 0 aliphatic carbocycles. The number of carbonyl (C=O) groups is 1. The van der Waals surface area contributed by atoms with Gasteiger partial charge in [0.25, 0.3) is 0 Å². The van der Waals surface area contributed by atoms with Crippen LogP contribution in [0, 0.1) is 5.82 Å². The van der Waals surface area contributed by atoms with Gasteiger partial charge in [-0.15, -0.1) is 0 Å². The molecule has 0 radical (unpaired) electrons. The van der Waals surface area contributed by atoms with Crippen molar-refractivity contribution in [2.24, 2.45) is 0 Å². The fourth-order valence-electron chi connectivity index (χ4n) is 1.36. The van der Waals surface area contributed by atoms with Crippen molar-refractivity contribution in [3.8, 4) is 5.75 Å². The molecule has 18 heavy (non-hydrogen) atoms. The van der Waals surface area contributed by atoms with Gasteiger partial charge in [-0.2, -0.15) is 8.78 Å². The van der Waals surface area contributed by atoms with Gasteiger partial charge in [0.1, 0.15) is 11.6 Å². The number of carbonyl (C=O) groups excluding carboxylic acids is 1. The number of anilines is 1. The first kappa shape index (κ1) is 14.1. The summed E-state index contributed by atoms with van der Waals surface area (Å²) in [4.78, 5) is 11.2. The maximum atomic E-state index is 13.5. The fourth-order valence-corrected chi connectivity index (χ4v) is 1.36. The molecule has 1 aromatic carbocycles. The van der Waals surface area contributed by atoms with Gasteiger partial charge in [-0.3, -0.25) is 4.79 Å². The van der Waals surface area contributed by atoms with Gasteiger partial charge in [-0.1, -0.05) is 0 Å². The minimum atomic E-state index is -3.13. The Balaban J connectivity index is 3.03. The average molecular weight is 263 g/mol. The number of nitrogen functional groups attached to an aromatic ring is 1. The standard InChI is InChI=1S/C11H12F3NO3/c1-2-17-10(16)5-7-8(12)3-6(15)4-9(7)18-11(13)14/h3-4,11H,2,5,15H2,1H3. The Bertz CT molecular complexity index is 438. The Hall–Kier alpha value is -1.92. The molecule has 0 saturated carbocycles. The average Bonchev–Trinajstić information content (AvgIpc) is 2.22. The van der Waals surface area contributed by atoms with Gasteiger partial charge in [-0.05, 0) is 13.0 Å². The second-order valence-electron chi connectivity index (χ2n) is 3.34. The summed E-state index contributed by atoms with van der Waals surface area (Å²) >= 11 is 0. The zero-order valence-electron chi connectivity index (χ0n) is 9.58. The van der Waals surface area contributed by atoms with Gasteiger partial charge in [0.15, 0.2) is 0 Å². The van der Waals surface area contributed by atoms with Crippen LogP contribution in [0.1, 0.15) is 12.5 Å². The Morgan fingerprint density at radius 2 is 2.11 bits per heavy atom. The van der Waals surface area contributed by atoms with Crippen LogP contribution in [0.5, 0.6) is 5.75 Å². The lowest BCUT2D eigenvalue weighted by Gasteiger charge is -2.12. The summed E-state index contributed by atoms with van der Waals surface area (Å²) in [5, 5.41) is 0. The first-order valence-electron chi connectivity index (χ1n) is 5.12. The molecule has 0 amide bonds. The minimum absolute atomic E-state index is 0.0734. The fraction of sp³-hybridized carbons (Fsp3) is 0.364. The van der Waals surface area contributed by atoms with Crippen LogP contribution in [-0.2, 0) is 16.0 Å². The van der Waals surface area contributed by atoms with E-state index in [4.69, 9.17) is 5.73 Å². The Morgan fingerprint density at radius 1 is 1.44 bits per heavy atom. The molecular weight excluding hydrogens is 251 g/mol. The minimum Gasteiger partial charge on any atom is -0.466 e. The maximum absolute atomic E-state index is 13.5. The number of halogens is 3. The highest BCUT2D eigenvalue weighted by molar-refractivity contribution is 5.74. The molecule has 7 heteroatoms. The number of rotatable bonds is 5. The van der Waals surface area contributed by atoms with Crippen LogP contribution in [0.25, 0.3) is 0 Å². The number of alkyl halides is 2. The molecule has 0 aliphatic rings. The van der Waals surface area contributed by atoms with E-state index in [0.29, 0.717) is 0 Å². The monoisotopic (exact) mass is 263 g/mol. The second-order valence-corrected chi connectivity index (χ2v) is 3.34. The lowest BCUT2D eigenvalue weighted by Crippen LogP contribution is -2.12. The van der Waals surface area contributed by atoms with E-state index in [1.165, 1.54) is 0 Å². The Morgan fingerprint density at radius 3 is 2.67 bits per heavy atom. The third-order valence-corrected chi connectivity index (χ3v) is 2.02. The molecule has 0 bridgehead atoms. The molecule has 0 unspecified atom stereocenters. The van der Waals surface area contributed by atoms with Gasteiger partial charge >= 0.3 is 12.6 Å². The molecule has 0 atom stereocenters. The SMILES string of the molecule is CCOC(=O)Cc1c(F)cc(N)cc1OC(F)F. The predicted octanol–water partition coefficient (Wildman–Crippen LogP) is 2.11. The summed E-state index contributed by atoms with van der Waals surface area (Å²) in [6.07, 6.45) is -0.498. The van der Waals surface area contributed by atoms with Gasteiger partial charge in [0.05, 0.1) is 13.0 Å². The van der Waals surface area contributed by atoms with E-state index in [-0.39, 0.29) is 17.9 Å². The summed E-state index contributed by atoms with van der Waals surface area (Å²) in [6.45, 7) is -1.44. The number of nitrogens with two attached hydrogens (primary N) is 1. The van der Waals surface area contributed by atoms with E-state index in [0.717, 1.165) is 12.1 Å². The number of esters is 1. The summed E-state index contributed by atoms with van der Waals surface area (Å²) in [5.74, 6) is -2.09. The molecule has 0 fully saturated rings. The van der Waals surface area contributed by atoms with Gasteiger partial charge in [-0.25, -0.2) is 4.39 Å². The van der Waals surface area contributed by atoms with Gasteiger partial charge in [0, 0.05) is 17.3 Å². The molecule has 1 rings (SSSR count). The van der Waals surface area contributed by atoms with E-state index in [2.05, 4.69) is 9.47 Å². The highest BCUT2D eigenvalue weighted by Crippen LogP contribution is 2.27. The van der Waals surface area contributed by atoms with Crippen LogP contribution in [-0.4, -0.2) is 19.2 Å². The van der Waals surface area contributed by atoms with Crippen LogP contribution in [0.15, 0.2) is 12.1 Å². The highest BCUT2D eigenvalue weighted by atomic mass is 19.3. The molecule has 2 N–H and O–H groups in total. The lowest BCUT2D eigenvalue weighted by molar-refractivity contribution is -0.142. The first-order valence-corrected chi connectivity index (χ1v) is 5.12. The Labute approximate surface area is 101 Å². The van der Waals surface area contributed by atoms with Crippen LogP contribution in [0.2, 0.25) is 0 Å². The van der Waals surface area contributed by atoms with E-state index < -0.39 is 30.6 Å².